The lowest BCUT2D eigenvalue weighted by molar-refractivity contribution is 0.0905. The van der Waals surface area contributed by atoms with Gasteiger partial charge >= 0.3 is 0 Å². The molecule has 0 aliphatic rings. The van der Waals surface area contributed by atoms with Crippen LogP contribution in [-0.2, 0) is 0 Å². The lowest BCUT2D eigenvalue weighted by Crippen LogP contribution is -2.29. The molecule has 23 heavy (non-hydrogen) atoms. The second-order valence-electron chi connectivity index (χ2n) is 5.14. The number of ketones is 1. The molecule has 0 aliphatic heterocycles. The molecular formula is C19H14ClNO2. The molecule has 0 aromatic heterocycles. The van der Waals surface area contributed by atoms with Crippen molar-refractivity contribution in [2.75, 3.05) is 6.54 Å². The van der Waals surface area contributed by atoms with Crippen molar-refractivity contribution >= 4 is 34.1 Å². The molecule has 0 radical (unpaired) electrons. The summed E-state index contributed by atoms with van der Waals surface area (Å²) < 4.78 is 0. The van der Waals surface area contributed by atoms with Crippen LogP contribution in [0.15, 0.2) is 66.7 Å². The zero-order valence-corrected chi connectivity index (χ0v) is 13.0. The average molecular weight is 324 g/mol. The van der Waals surface area contributed by atoms with Crippen molar-refractivity contribution in [1.82, 2.24) is 5.32 Å². The quantitative estimate of drug-likeness (QED) is 0.734. The average Bonchev–Trinajstić information content (AvgIpc) is 2.59. The number of hydrogen-bond acceptors (Lipinski definition) is 2. The number of fused-ring (bicyclic) bond motifs is 1. The third-order valence-corrected chi connectivity index (χ3v) is 3.86. The van der Waals surface area contributed by atoms with Gasteiger partial charge in [0.05, 0.1) is 6.54 Å². The normalized spacial score (nSPS) is 10.5. The van der Waals surface area contributed by atoms with Gasteiger partial charge in [-0.05, 0) is 41.1 Å². The number of hydrogen-bond donors (Lipinski definition) is 1. The van der Waals surface area contributed by atoms with Crippen molar-refractivity contribution in [3.8, 4) is 0 Å². The Morgan fingerprint density at radius 3 is 2.35 bits per heavy atom. The topological polar surface area (TPSA) is 46.2 Å². The zero-order chi connectivity index (χ0) is 16.2. The molecule has 1 amide bonds. The van der Waals surface area contributed by atoms with Crippen LogP contribution in [0.1, 0.15) is 20.7 Å². The fourth-order valence-corrected chi connectivity index (χ4v) is 2.54. The molecule has 0 saturated carbocycles. The number of amides is 1. The maximum Gasteiger partial charge on any atom is 0.252 e. The van der Waals surface area contributed by atoms with Gasteiger partial charge in [0, 0.05) is 16.1 Å². The van der Waals surface area contributed by atoms with Crippen LogP contribution in [0.5, 0.6) is 0 Å². The second-order valence-corrected chi connectivity index (χ2v) is 5.58. The summed E-state index contributed by atoms with van der Waals surface area (Å²) in [5.41, 5.74) is 1.08. The first kappa shape index (κ1) is 15.3. The smallest absolute Gasteiger partial charge is 0.252 e. The molecule has 0 unspecified atom stereocenters. The van der Waals surface area contributed by atoms with Gasteiger partial charge in [-0.3, -0.25) is 9.59 Å². The van der Waals surface area contributed by atoms with E-state index in [1.54, 1.807) is 30.3 Å². The lowest BCUT2D eigenvalue weighted by atomic mass is 10.0. The van der Waals surface area contributed by atoms with E-state index < -0.39 is 0 Å². The highest BCUT2D eigenvalue weighted by atomic mass is 35.5. The molecule has 0 saturated heterocycles. The minimum absolute atomic E-state index is 0.0519. The summed E-state index contributed by atoms with van der Waals surface area (Å²) in [5, 5.41) is 5.11. The highest BCUT2D eigenvalue weighted by molar-refractivity contribution is 6.30. The molecule has 3 aromatic carbocycles. The van der Waals surface area contributed by atoms with Gasteiger partial charge in [0.25, 0.3) is 5.91 Å². The zero-order valence-electron chi connectivity index (χ0n) is 12.3. The Kier molecular flexibility index (Phi) is 4.40. The maximum atomic E-state index is 12.4. The van der Waals surface area contributed by atoms with Gasteiger partial charge in [-0.15, -0.1) is 0 Å². The number of nitrogens with one attached hydrogen (secondary N) is 1. The van der Waals surface area contributed by atoms with Crippen LogP contribution in [0.25, 0.3) is 10.8 Å². The van der Waals surface area contributed by atoms with Gasteiger partial charge < -0.3 is 5.32 Å². The van der Waals surface area contributed by atoms with Crippen molar-refractivity contribution in [1.29, 1.82) is 0 Å². The van der Waals surface area contributed by atoms with E-state index in [1.165, 1.54) is 0 Å². The molecule has 0 atom stereocenters. The van der Waals surface area contributed by atoms with Crippen LogP contribution in [0.2, 0.25) is 5.02 Å². The van der Waals surface area contributed by atoms with Crippen LogP contribution in [0.3, 0.4) is 0 Å². The minimum Gasteiger partial charge on any atom is -0.345 e. The van der Waals surface area contributed by atoms with Crippen LogP contribution < -0.4 is 5.32 Å². The number of Topliss-reactive ketones (excluding diaryl/α,β-unsaturated/α-hetero) is 1. The van der Waals surface area contributed by atoms with E-state index >= 15 is 0 Å². The molecular weight excluding hydrogens is 310 g/mol. The molecule has 3 aromatic rings. The monoisotopic (exact) mass is 323 g/mol. The number of halogens is 1. The summed E-state index contributed by atoms with van der Waals surface area (Å²) in [6.07, 6.45) is 0. The van der Waals surface area contributed by atoms with E-state index in [2.05, 4.69) is 5.32 Å². The van der Waals surface area contributed by atoms with Crippen molar-refractivity contribution in [3.05, 3.63) is 82.9 Å². The van der Waals surface area contributed by atoms with Gasteiger partial charge in [-0.2, -0.15) is 0 Å². The van der Waals surface area contributed by atoms with Gasteiger partial charge in [0.2, 0.25) is 0 Å². The van der Waals surface area contributed by atoms with E-state index in [4.69, 9.17) is 11.6 Å². The minimum atomic E-state index is -0.260. The van der Waals surface area contributed by atoms with Gasteiger partial charge in [-0.1, -0.05) is 48.0 Å². The number of carbonyl (C=O) groups excluding carboxylic acids is 2. The van der Waals surface area contributed by atoms with Crippen LogP contribution in [0.4, 0.5) is 0 Å². The summed E-state index contributed by atoms with van der Waals surface area (Å²) in [6.45, 7) is -0.0519. The summed E-state index contributed by atoms with van der Waals surface area (Å²) in [5.74, 6) is -0.417. The Morgan fingerprint density at radius 1 is 0.870 bits per heavy atom. The van der Waals surface area contributed by atoms with Crippen LogP contribution in [0, 0.1) is 0 Å². The molecule has 3 rings (SSSR count). The molecule has 3 nitrogen and oxygen atoms in total. The number of rotatable bonds is 4. The molecule has 4 heteroatoms. The van der Waals surface area contributed by atoms with E-state index in [-0.39, 0.29) is 18.2 Å². The molecule has 1 N–H and O–H groups in total. The van der Waals surface area contributed by atoms with Crippen LogP contribution in [-0.4, -0.2) is 18.2 Å². The van der Waals surface area contributed by atoms with Gasteiger partial charge in [-0.25, -0.2) is 0 Å². The lowest BCUT2D eigenvalue weighted by Gasteiger charge is -2.08. The Labute approximate surface area is 138 Å². The fraction of sp³-hybridized carbons (Fsp3) is 0.0526. The van der Waals surface area contributed by atoms with Gasteiger partial charge in [0.1, 0.15) is 0 Å². The molecule has 0 fully saturated rings. The number of benzene rings is 3. The predicted octanol–water partition coefficient (Wildman–Crippen LogP) is 4.11. The van der Waals surface area contributed by atoms with E-state index in [0.29, 0.717) is 16.1 Å². The third-order valence-electron chi connectivity index (χ3n) is 3.61. The first-order chi connectivity index (χ1) is 11.1. The van der Waals surface area contributed by atoms with Crippen LogP contribution >= 0.6 is 11.6 Å². The largest absolute Gasteiger partial charge is 0.345 e. The maximum absolute atomic E-state index is 12.4. The Balaban J connectivity index is 1.74. The Morgan fingerprint density at radius 2 is 1.57 bits per heavy atom. The molecule has 0 bridgehead atoms. The summed E-state index contributed by atoms with van der Waals surface area (Å²) in [6, 6.07) is 19.8. The van der Waals surface area contributed by atoms with Gasteiger partial charge in [0.15, 0.2) is 5.78 Å². The molecule has 0 spiro atoms. The summed E-state index contributed by atoms with van der Waals surface area (Å²) in [4.78, 5) is 24.5. The van der Waals surface area contributed by atoms with Crippen molar-refractivity contribution in [3.63, 3.8) is 0 Å². The van der Waals surface area contributed by atoms with Crippen molar-refractivity contribution < 1.29 is 9.59 Å². The Bertz CT molecular complexity index is 867. The SMILES string of the molecule is O=C(CNC(=O)c1cccc2ccccc12)c1ccc(Cl)cc1. The van der Waals surface area contributed by atoms with E-state index in [1.807, 2.05) is 36.4 Å². The summed E-state index contributed by atoms with van der Waals surface area (Å²) >= 11 is 5.80. The standard InChI is InChI=1S/C19H14ClNO2/c20-15-10-8-14(9-11-15)18(22)12-21-19(23)17-7-3-5-13-4-1-2-6-16(13)17/h1-11H,12H2,(H,21,23). The first-order valence-corrected chi connectivity index (χ1v) is 7.58. The number of carbonyl (C=O) groups is 2. The molecule has 0 heterocycles. The third kappa shape index (κ3) is 3.41. The fourth-order valence-electron chi connectivity index (χ4n) is 2.42. The van der Waals surface area contributed by atoms with Crippen molar-refractivity contribution in [2.24, 2.45) is 0 Å². The molecule has 114 valence electrons. The predicted molar refractivity (Wildman–Crippen MR) is 92.1 cm³/mol. The second kappa shape index (κ2) is 6.63. The highest BCUT2D eigenvalue weighted by Gasteiger charge is 2.12. The molecule has 0 aliphatic carbocycles. The summed E-state index contributed by atoms with van der Waals surface area (Å²) in [7, 11) is 0. The highest BCUT2D eigenvalue weighted by Crippen LogP contribution is 2.18. The first-order valence-electron chi connectivity index (χ1n) is 7.20. The van der Waals surface area contributed by atoms with Crippen molar-refractivity contribution in [2.45, 2.75) is 0 Å². The Hall–Kier alpha value is -2.65. The van der Waals surface area contributed by atoms with E-state index in [0.717, 1.165) is 10.8 Å². The van der Waals surface area contributed by atoms with E-state index in [9.17, 15) is 9.59 Å².